The third kappa shape index (κ3) is 3.93. The summed E-state index contributed by atoms with van der Waals surface area (Å²) in [5.74, 6) is 1.95. The van der Waals surface area contributed by atoms with E-state index in [1.165, 1.54) is 0 Å². The Morgan fingerprint density at radius 3 is 2.53 bits per heavy atom. The maximum atomic E-state index is 9.67. The molecule has 0 radical (unpaired) electrons. The van der Waals surface area contributed by atoms with Gasteiger partial charge in [0.05, 0.1) is 19.8 Å². The minimum atomic E-state index is -0.534. The lowest BCUT2D eigenvalue weighted by Crippen LogP contribution is -2.09. The van der Waals surface area contributed by atoms with Gasteiger partial charge in [-0.15, -0.1) is 0 Å². The van der Waals surface area contributed by atoms with Crippen molar-refractivity contribution in [3.63, 3.8) is 0 Å². The van der Waals surface area contributed by atoms with E-state index in [2.05, 4.69) is 13.8 Å². The molecule has 0 aliphatic carbocycles. The summed E-state index contributed by atoms with van der Waals surface area (Å²) >= 11 is 0. The highest BCUT2D eigenvalue weighted by atomic mass is 16.5. The zero-order valence-electron chi connectivity index (χ0n) is 11.1. The minimum absolute atomic E-state index is 0.503. The number of aliphatic hydroxyl groups excluding tert-OH is 1. The zero-order valence-corrected chi connectivity index (χ0v) is 11.1. The number of rotatable bonds is 6. The molecule has 0 fully saturated rings. The fourth-order valence-corrected chi connectivity index (χ4v) is 1.46. The first-order chi connectivity index (χ1) is 8.08. The third-order valence-electron chi connectivity index (χ3n) is 2.89. The standard InChI is InChI=1S/C14H22O3/c1-5-10(2)9-17-14-8-12(16-4)6-7-13(14)11(3)15/h6-8,10-11,15H,5,9H2,1-4H3. The van der Waals surface area contributed by atoms with Crippen LogP contribution in [0.5, 0.6) is 11.5 Å². The van der Waals surface area contributed by atoms with Crippen LogP contribution in [0, 0.1) is 5.92 Å². The second-order valence-electron chi connectivity index (χ2n) is 4.40. The highest BCUT2D eigenvalue weighted by molar-refractivity contribution is 5.41. The molecule has 3 heteroatoms. The Balaban J connectivity index is 2.85. The summed E-state index contributed by atoms with van der Waals surface area (Å²) < 4.78 is 10.9. The van der Waals surface area contributed by atoms with Gasteiger partial charge in [-0.2, -0.15) is 0 Å². The Morgan fingerprint density at radius 1 is 1.29 bits per heavy atom. The van der Waals surface area contributed by atoms with Crippen LogP contribution in [0.15, 0.2) is 18.2 Å². The molecule has 96 valence electrons. The van der Waals surface area contributed by atoms with Gasteiger partial charge in [0.15, 0.2) is 0 Å². The number of aliphatic hydroxyl groups is 1. The van der Waals surface area contributed by atoms with Gasteiger partial charge in [0.1, 0.15) is 11.5 Å². The molecule has 0 bridgehead atoms. The topological polar surface area (TPSA) is 38.7 Å². The highest BCUT2D eigenvalue weighted by Crippen LogP contribution is 2.29. The maximum Gasteiger partial charge on any atom is 0.128 e. The zero-order chi connectivity index (χ0) is 12.8. The monoisotopic (exact) mass is 238 g/mol. The Labute approximate surface area is 103 Å². The SMILES string of the molecule is CCC(C)COc1cc(OC)ccc1C(C)O. The van der Waals surface area contributed by atoms with Gasteiger partial charge >= 0.3 is 0 Å². The van der Waals surface area contributed by atoms with Gasteiger partial charge in [-0.05, 0) is 25.0 Å². The molecule has 0 amide bonds. The predicted octanol–water partition coefficient (Wildman–Crippen LogP) is 3.17. The van der Waals surface area contributed by atoms with Crippen molar-refractivity contribution in [2.75, 3.05) is 13.7 Å². The molecule has 2 atom stereocenters. The van der Waals surface area contributed by atoms with Crippen molar-refractivity contribution in [3.05, 3.63) is 23.8 Å². The van der Waals surface area contributed by atoms with E-state index in [0.29, 0.717) is 18.3 Å². The van der Waals surface area contributed by atoms with E-state index >= 15 is 0 Å². The van der Waals surface area contributed by atoms with Gasteiger partial charge in [-0.1, -0.05) is 20.3 Å². The van der Waals surface area contributed by atoms with E-state index < -0.39 is 6.10 Å². The van der Waals surface area contributed by atoms with Crippen molar-refractivity contribution in [2.45, 2.75) is 33.3 Å². The maximum absolute atomic E-state index is 9.67. The molecule has 0 aliphatic heterocycles. The Kier molecular flexibility index (Phi) is 5.29. The van der Waals surface area contributed by atoms with Gasteiger partial charge in [-0.3, -0.25) is 0 Å². The second-order valence-corrected chi connectivity index (χ2v) is 4.40. The van der Waals surface area contributed by atoms with E-state index in [1.54, 1.807) is 14.0 Å². The summed E-state index contributed by atoms with van der Waals surface area (Å²) in [6.45, 7) is 6.67. The largest absolute Gasteiger partial charge is 0.497 e. The minimum Gasteiger partial charge on any atom is -0.497 e. The Morgan fingerprint density at radius 2 is 2.00 bits per heavy atom. The smallest absolute Gasteiger partial charge is 0.128 e. The number of benzene rings is 1. The lowest BCUT2D eigenvalue weighted by molar-refractivity contribution is 0.186. The van der Waals surface area contributed by atoms with Crippen molar-refractivity contribution >= 4 is 0 Å². The van der Waals surface area contributed by atoms with Crippen molar-refractivity contribution < 1.29 is 14.6 Å². The molecular weight excluding hydrogens is 216 g/mol. The van der Waals surface area contributed by atoms with Crippen LogP contribution in [0.3, 0.4) is 0 Å². The van der Waals surface area contributed by atoms with Crippen LogP contribution >= 0.6 is 0 Å². The number of ether oxygens (including phenoxy) is 2. The van der Waals surface area contributed by atoms with Gasteiger partial charge in [0, 0.05) is 11.6 Å². The lowest BCUT2D eigenvalue weighted by Gasteiger charge is -2.16. The Bertz CT molecular complexity index is 347. The summed E-state index contributed by atoms with van der Waals surface area (Å²) in [6.07, 6.45) is 0.543. The molecule has 3 nitrogen and oxygen atoms in total. The van der Waals surface area contributed by atoms with Crippen LogP contribution in [0.2, 0.25) is 0 Å². The van der Waals surface area contributed by atoms with Gasteiger partial charge < -0.3 is 14.6 Å². The van der Waals surface area contributed by atoms with Crippen LogP contribution in [0.25, 0.3) is 0 Å². The van der Waals surface area contributed by atoms with E-state index in [9.17, 15) is 5.11 Å². The van der Waals surface area contributed by atoms with Crippen LogP contribution in [0.4, 0.5) is 0 Å². The molecule has 0 spiro atoms. The number of hydrogen-bond donors (Lipinski definition) is 1. The highest BCUT2D eigenvalue weighted by Gasteiger charge is 2.11. The fourth-order valence-electron chi connectivity index (χ4n) is 1.46. The molecule has 17 heavy (non-hydrogen) atoms. The molecule has 0 aliphatic rings. The van der Waals surface area contributed by atoms with Gasteiger partial charge in [0.2, 0.25) is 0 Å². The molecular formula is C14H22O3. The van der Waals surface area contributed by atoms with Gasteiger partial charge in [0.25, 0.3) is 0 Å². The fraction of sp³-hybridized carbons (Fsp3) is 0.571. The molecule has 0 saturated heterocycles. The molecule has 1 aromatic carbocycles. The number of hydrogen-bond acceptors (Lipinski definition) is 3. The molecule has 1 aromatic rings. The van der Waals surface area contributed by atoms with Crippen LogP contribution in [-0.2, 0) is 0 Å². The summed E-state index contributed by atoms with van der Waals surface area (Å²) in [7, 11) is 1.62. The first-order valence-electron chi connectivity index (χ1n) is 6.07. The third-order valence-corrected chi connectivity index (χ3v) is 2.89. The summed E-state index contributed by atoms with van der Waals surface area (Å²) in [5, 5.41) is 9.67. The molecule has 2 unspecified atom stereocenters. The lowest BCUT2D eigenvalue weighted by atomic mass is 10.1. The van der Waals surface area contributed by atoms with Gasteiger partial charge in [-0.25, -0.2) is 0 Å². The predicted molar refractivity (Wildman–Crippen MR) is 68.6 cm³/mol. The molecule has 0 heterocycles. The first kappa shape index (κ1) is 13.8. The van der Waals surface area contributed by atoms with Crippen LogP contribution in [-0.4, -0.2) is 18.8 Å². The second kappa shape index (κ2) is 6.50. The van der Waals surface area contributed by atoms with E-state index in [1.807, 2.05) is 18.2 Å². The normalized spacial score (nSPS) is 14.2. The molecule has 0 saturated carbocycles. The quantitative estimate of drug-likeness (QED) is 0.827. The van der Waals surface area contributed by atoms with Crippen molar-refractivity contribution in [1.29, 1.82) is 0 Å². The summed E-state index contributed by atoms with van der Waals surface area (Å²) in [5.41, 5.74) is 0.800. The van der Waals surface area contributed by atoms with Crippen molar-refractivity contribution in [3.8, 4) is 11.5 Å². The number of methoxy groups -OCH3 is 1. The molecule has 1 N–H and O–H groups in total. The van der Waals surface area contributed by atoms with E-state index in [4.69, 9.17) is 9.47 Å². The molecule has 1 rings (SSSR count). The summed E-state index contributed by atoms with van der Waals surface area (Å²) in [6, 6.07) is 5.50. The van der Waals surface area contributed by atoms with E-state index in [0.717, 1.165) is 17.7 Å². The summed E-state index contributed by atoms with van der Waals surface area (Å²) in [4.78, 5) is 0. The molecule has 0 aromatic heterocycles. The first-order valence-corrected chi connectivity index (χ1v) is 6.07. The van der Waals surface area contributed by atoms with E-state index in [-0.39, 0.29) is 0 Å². The Hall–Kier alpha value is -1.22. The van der Waals surface area contributed by atoms with Crippen molar-refractivity contribution in [2.24, 2.45) is 5.92 Å². The average Bonchev–Trinajstić information content (AvgIpc) is 2.35. The van der Waals surface area contributed by atoms with Crippen LogP contribution < -0.4 is 9.47 Å². The van der Waals surface area contributed by atoms with Crippen molar-refractivity contribution in [1.82, 2.24) is 0 Å². The van der Waals surface area contributed by atoms with Crippen LogP contribution in [0.1, 0.15) is 38.9 Å². The average molecular weight is 238 g/mol.